The molecule has 1 aromatic rings. The summed E-state index contributed by atoms with van der Waals surface area (Å²) in [5.41, 5.74) is 2.72. The average molecular weight is 292 g/mol. The summed E-state index contributed by atoms with van der Waals surface area (Å²) >= 11 is 0. The first-order chi connectivity index (χ1) is 9.81. The highest BCUT2D eigenvalue weighted by Gasteiger charge is 2.19. The maximum absolute atomic E-state index is 11.9. The van der Waals surface area contributed by atoms with Crippen LogP contribution in [0.2, 0.25) is 0 Å². The van der Waals surface area contributed by atoms with Crippen LogP contribution in [-0.2, 0) is 4.79 Å². The van der Waals surface area contributed by atoms with E-state index >= 15 is 0 Å². The van der Waals surface area contributed by atoms with E-state index in [1.807, 2.05) is 45.9 Å². The lowest BCUT2D eigenvalue weighted by molar-refractivity contribution is -0.142. The van der Waals surface area contributed by atoms with E-state index < -0.39 is 11.9 Å². The number of nitrogens with one attached hydrogen (secondary N) is 2. The van der Waals surface area contributed by atoms with Crippen molar-refractivity contribution in [3.05, 3.63) is 29.3 Å². The normalized spacial score (nSPS) is 12.0. The number of urea groups is 1. The molecule has 0 fully saturated rings. The fraction of sp³-hybridized carbons (Fsp3) is 0.500. The largest absolute Gasteiger partial charge is 0.481 e. The van der Waals surface area contributed by atoms with Crippen LogP contribution in [0.15, 0.2) is 18.2 Å². The molecule has 0 saturated heterocycles. The Morgan fingerprint density at radius 3 is 2.24 bits per heavy atom. The lowest BCUT2D eigenvalue weighted by atomic mass is 9.97. The molecular formula is C16H24N2O3. The van der Waals surface area contributed by atoms with E-state index in [2.05, 4.69) is 10.6 Å². The summed E-state index contributed by atoms with van der Waals surface area (Å²) < 4.78 is 0. The molecule has 21 heavy (non-hydrogen) atoms. The van der Waals surface area contributed by atoms with Gasteiger partial charge in [0.1, 0.15) is 0 Å². The summed E-state index contributed by atoms with van der Waals surface area (Å²) in [6.45, 7) is 7.90. The van der Waals surface area contributed by atoms with Crippen LogP contribution in [0.25, 0.3) is 0 Å². The monoisotopic (exact) mass is 292 g/mol. The second-order valence-electron chi connectivity index (χ2n) is 5.77. The predicted octanol–water partition coefficient (Wildman–Crippen LogP) is 3.17. The number of anilines is 1. The molecule has 0 aliphatic heterocycles. The molecule has 5 heteroatoms. The van der Waals surface area contributed by atoms with Gasteiger partial charge in [-0.3, -0.25) is 4.79 Å². The number of amides is 2. The first kappa shape index (κ1) is 17.0. The molecular weight excluding hydrogens is 268 g/mol. The molecule has 116 valence electrons. The molecule has 0 saturated carbocycles. The van der Waals surface area contributed by atoms with Crippen molar-refractivity contribution in [3.8, 4) is 0 Å². The van der Waals surface area contributed by atoms with Gasteiger partial charge in [0, 0.05) is 12.2 Å². The number of benzene rings is 1. The van der Waals surface area contributed by atoms with E-state index in [4.69, 9.17) is 5.11 Å². The van der Waals surface area contributed by atoms with Crippen LogP contribution in [0, 0.1) is 25.7 Å². The van der Waals surface area contributed by atoms with Gasteiger partial charge in [0.2, 0.25) is 0 Å². The SMILES string of the molecule is Cc1cccc(C)c1NC(=O)NCC(CC(C)C)C(=O)O. The van der Waals surface area contributed by atoms with Gasteiger partial charge < -0.3 is 15.7 Å². The van der Waals surface area contributed by atoms with Gasteiger partial charge in [0.25, 0.3) is 0 Å². The minimum absolute atomic E-state index is 0.129. The van der Waals surface area contributed by atoms with Gasteiger partial charge in [-0.1, -0.05) is 32.0 Å². The number of carbonyl (C=O) groups excluding carboxylic acids is 1. The van der Waals surface area contributed by atoms with Crippen LogP contribution in [0.1, 0.15) is 31.4 Å². The van der Waals surface area contributed by atoms with Crippen molar-refractivity contribution in [2.24, 2.45) is 11.8 Å². The van der Waals surface area contributed by atoms with Crippen molar-refractivity contribution < 1.29 is 14.7 Å². The highest BCUT2D eigenvalue weighted by Crippen LogP contribution is 2.19. The van der Waals surface area contributed by atoms with Gasteiger partial charge in [0.15, 0.2) is 0 Å². The van der Waals surface area contributed by atoms with E-state index in [9.17, 15) is 9.59 Å². The van der Waals surface area contributed by atoms with Gasteiger partial charge in [-0.05, 0) is 37.3 Å². The second kappa shape index (κ2) is 7.67. The van der Waals surface area contributed by atoms with Gasteiger partial charge in [-0.2, -0.15) is 0 Å². The summed E-state index contributed by atoms with van der Waals surface area (Å²) in [7, 11) is 0. The van der Waals surface area contributed by atoms with Crippen molar-refractivity contribution in [3.63, 3.8) is 0 Å². The van der Waals surface area contributed by atoms with Gasteiger partial charge in [-0.25, -0.2) is 4.79 Å². The molecule has 1 atom stereocenters. The Balaban J connectivity index is 2.59. The number of carboxylic acid groups (broad SMARTS) is 1. The molecule has 0 heterocycles. The quantitative estimate of drug-likeness (QED) is 0.753. The van der Waals surface area contributed by atoms with Crippen LogP contribution < -0.4 is 10.6 Å². The van der Waals surface area contributed by atoms with Crippen LogP contribution in [0.4, 0.5) is 10.5 Å². The fourth-order valence-electron chi connectivity index (χ4n) is 2.23. The Morgan fingerprint density at radius 2 is 1.76 bits per heavy atom. The van der Waals surface area contributed by atoms with Crippen LogP contribution in [0.3, 0.4) is 0 Å². The molecule has 0 bridgehead atoms. The zero-order valence-electron chi connectivity index (χ0n) is 13.1. The molecule has 0 aliphatic carbocycles. The van der Waals surface area contributed by atoms with Gasteiger partial charge >= 0.3 is 12.0 Å². The Bertz CT molecular complexity index is 492. The average Bonchev–Trinajstić information content (AvgIpc) is 2.38. The van der Waals surface area contributed by atoms with E-state index in [-0.39, 0.29) is 18.5 Å². The van der Waals surface area contributed by atoms with E-state index in [0.29, 0.717) is 6.42 Å². The lowest BCUT2D eigenvalue weighted by Gasteiger charge is -2.17. The number of aryl methyl sites for hydroxylation is 2. The Hall–Kier alpha value is -2.04. The summed E-state index contributed by atoms with van der Waals surface area (Å²) in [5, 5.41) is 14.6. The van der Waals surface area contributed by atoms with Crippen molar-refractivity contribution in [1.29, 1.82) is 0 Å². The number of rotatable bonds is 6. The molecule has 0 radical (unpaired) electrons. The molecule has 0 aromatic heterocycles. The van der Waals surface area contributed by atoms with Gasteiger partial charge in [0.05, 0.1) is 5.92 Å². The molecule has 1 aromatic carbocycles. The zero-order chi connectivity index (χ0) is 16.0. The smallest absolute Gasteiger partial charge is 0.319 e. The third kappa shape index (κ3) is 5.45. The van der Waals surface area contributed by atoms with E-state index in [0.717, 1.165) is 16.8 Å². The van der Waals surface area contributed by atoms with Crippen molar-refractivity contribution >= 4 is 17.7 Å². The first-order valence-electron chi connectivity index (χ1n) is 7.15. The summed E-state index contributed by atoms with van der Waals surface area (Å²) in [6, 6.07) is 5.39. The molecule has 5 nitrogen and oxygen atoms in total. The van der Waals surface area contributed by atoms with Crippen LogP contribution in [-0.4, -0.2) is 23.7 Å². The number of carbonyl (C=O) groups is 2. The third-order valence-corrected chi connectivity index (χ3v) is 3.33. The minimum Gasteiger partial charge on any atom is -0.481 e. The molecule has 0 spiro atoms. The standard InChI is InChI=1S/C16H24N2O3/c1-10(2)8-13(15(19)20)9-17-16(21)18-14-11(3)6-5-7-12(14)4/h5-7,10,13H,8-9H2,1-4H3,(H,19,20)(H2,17,18,21). The molecule has 0 aliphatic rings. The van der Waals surface area contributed by atoms with Crippen molar-refractivity contribution in [1.82, 2.24) is 5.32 Å². The maximum Gasteiger partial charge on any atom is 0.319 e. The fourth-order valence-corrected chi connectivity index (χ4v) is 2.23. The Morgan fingerprint density at radius 1 is 1.19 bits per heavy atom. The summed E-state index contributed by atoms with van der Waals surface area (Å²) in [6.07, 6.45) is 0.541. The zero-order valence-corrected chi connectivity index (χ0v) is 13.1. The number of para-hydroxylation sites is 1. The predicted molar refractivity (Wildman–Crippen MR) is 83.5 cm³/mol. The maximum atomic E-state index is 11.9. The highest BCUT2D eigenvalue weighted by molar-refractivity contribution is 5.91. The molecule has 2 amide bonds. The summed E-state index contributed by atoms with van der Waals surface area (Å²) in [4.78, 5) is 23.1. The topological polar surface area (TPSA) is 78.4 Å². The van der Waals surface area contributed by atoms with E-state index in [1.165, 1.54) is 0 Å². The van der Waals surface area contributed by atoms with Crippen molar-refractivity contribution in [2.75, 3.05) is 11.9 Å². The Kier molecular flexibility index (Phi) is 6.21. The van der Waals surface area contributed by atoms with Crippen LogP contribution in [0.5, 0.6) is 0 Å². The second-order valence-corrected chi connectivity index (χ2v) is 5.77. The van der Waals surface area contributed by atoms with Crippen molar-refractivity contribution in [2.45, 2.75) is 34.1 Å². The van der Waals surface area contributed by atoms with Gasteiger partial charge in [-0.15, -0.1) is 0 Å². The third-order valence-electron chi connectivity index (χ3n) is 3.33. The lowest BCUT2D eigenvalue weighted by Crippen LogP contribution is -2.36. The number of aliphatic carboxylic acids is 1. The van der Waals surface area contributed by atoms with E-state index in [1.54, 1.807) is 0 Å². The van der Waals surface area contributed by atoms with Crippen LogP contribution >= 0.6 is 0 Å². The number of hydrogen-bond acceptors (Lipinski definition) is 2. The molecule has 1 rings (SSSR count). The first-order valence-corrected chi connectivity index (χ1v) is 7.15. The number of carboxylic acids is 1. The minimum atomic E-state index is -0.879. The Labute approximate surface area is 125 Å². The molecule has 1 unspecified atom stereocenters. The summed E-state index contributed by atoms with van der Waals surface area (Å²) in [5.74, 6) is -1.17. The molecule has 3 N–H and O–H groups in total. The highest BCUT2D eigenvalue weighted by atomic mass is 16.4. The number of hydrogen-bond donors (Lipinski definition) is 3.